The number of halogens is 1. The summed E-state index contributed by atoms with van der Waals surface area (Å²) in [5, 5.41) is 0. The van der Waals surface area contributed by atoms with E-state index < -0.39 is 0 Å². The third-order valence-corrected chi connectivity index (χ3v) is 3.94. The summed E-state index contributed by atoms with van der Waals surface area (Å²) in [5.74, 6) is 0.374. The van der Waals surface area contributed by atoms with Crippen LogP contribution in [0, 0.1) is 5.82 Å². The highest BCUT2D eigenvalue weighted by Crippen LogP contribution is 2.30. The molecule has 2 heteroatoms. The summed E-state index contributed by atoms with van der Waals surface area (Å²) in [6, 6.07) is 17.6. The van der Waals surface area contributed by atoms with Crippen LogP contribution in [-0.4, -0.2) is 13.1 Å². The summed E-state index contributed by atoms with van der Waals surface area (Å²) in [6.07, 6.45) is 2.19. The first-order valence-electron chi connectivity index (χ1n) is 6.88. The van der Waals surface area contributed by atoms with Gasteiger partial charge in [0, 0.05) is 18.8 Å². The minimum Gasteiger partial charge on any atom is -0.371 e. The van der Waals surface area contributed by atoms with Crippen molar-refractivity contribution < 1.29 is 4.39 Å². The van der Waals surface area contributed by atoms with Crippen LogP contribution in [0.1, 0.15) is 24.3 Å². The second-order valence-electron chi connectivity index (χ2n) is 5.15. The maximum atomic E-state index is 13.3. The zero-order valence-corrected chi connectivity index (χ0v) is 10.9. The van der Waals surface area contributed by atoms with Gasteiger partial charge in [0.05, 0.1) is 0 Å². The molecule has 0 radical (unpaired) electrons. The molecule has 98 valence electrons. The van der Waals surface area contributed by atoms with Crippen molar-refractivity contribution in [1.29, 1.82) is 0 Å². The molecule has 3 rings (SSSR count). The quantitative estimate of drug-likeness (QED) is 0.777. The maximum Gasteiger partial charge on any atom is 0.123 e. The van der Waals surface area contributed by atoms with Crippen molar-refractivity contribution in [3.8, 4) is 0 Å². The predicted molar refractivity (Wildman–Crippen MR) is 77.0 cm³/mol. The molecule has 0 N–H and O–H groups in total. The molecule has 0 aromatic heterocycles. The van der Waals surface area contributed by atoms with Crippen LogP contribution >= 0.6 is 0 Å². The Labute approximate surface area is 113 Å². The third-order valence-electron chi connectivity index (χ3n) is 3.94. The first kappa shape index (κ1) is 12.2. The van der Waals surface area contributed by atoms with Crippen molar-refractivity contribution in [2.45, 2.75) is 18.8 Å². The van der Waals surface area contributed by atoms with Crippen molar-refractivity contribution in [2.75, 3.05) is 18.0 Å². The van der Waals surface area contributed by atoms with E-state index in [1.54, 1.807) is 6.07 Å². The van der Waals surface area contributed by atoms with Crippen molar-refractivity contribution in [1.82, 2.24) is 0 Å². The van der Waals surface area contributed by atoms with Gasteiger partial charge in [-0.3, -0.25) is 0 Å². The molecule has 0 aliphatic carbocycles. The highest BCUT2D eigenvalue weighted by Gasteiger charge is 2.20. The van der Waals surface area contributed by atoms with Crippen molar-refractivity contribution in [3.05, 3.63) is 66.0 Å². The van der Waals surface area contributed by atoms with Crippen LogP contribution in [0.3, 0.4) is 0 Å². The van der Waals surface area contributed by atoms with Crippen molar-refractivity contribution in [3.63, 3.8) is 0 Å². The van der Waals surface area contributed by atoms with Gasteiger partial charge in [-0.1, -0.05) is 30.3 Å². The van der Waals surface area contributed by atoms with E-state index in [-0.39, 0.29) is 5.82 Å². The molecular formula is C17H18FN. The number of piperidine rings is 1. The largest absolute Gasteiger partial charge is 0.371 e. The minimum atomic E-state index is -0.122. The molecule has 1 aliphatic heterocycles. The van der Waals surface area contributed by atoms with E-state index in [0.29, 0.717) is 5.92 Å². The smallest absolute Gasteiger partial charge is 0.123 e. The van der Waals surface area contributed by atoms with E-state index in [1.807, 2.05) is 18.2 Å². The van der Waals surface area contributed by atoms with Gasteiger partial charge in [0.15, 0.2) is 0 Å². The summed E-state index contributed by atoms with van der Waals surface area (Å²) in [6.45, 7) is 2.09. The fraction of sp³-hybridized carbons (Fsp3) is 0.294. The molecule has 1 fully saturated rings. The summed E-state index contributed by atoms with van der Waals surface area (Å²) in [7, 11) is 0. The zero-order valence-electron chi connectivity index (χ0n) is 10.9. The highest BCUT2D eigenvalue weighted by molar-refractivity contribution is 5.46. The molecule has 0 spiro atoms. The van der Waals surface area contributed by atoms with Crippen LogP contribution < -0.4 is 4.90 Å². The Morgan fingerprint density at radius 1 is 0.895 bits per heavy atom. The Bertz CT molecular complexity index is 530. The monoisotopic (exact) mass is 255 g/mol. The van der Waals surface area contributed by atoms with E-state index in [1.165, 1.54) is 11.8 Å². The number of rotatable bonds is 2. The van der Waals surface area contributed by atoms with Crippen LogP contribution in [0.4, 0.5) is 10.1 Å². The van der Waals surface area contributed by atoms with E-state index in [4.69, 9.17) is 0 Å². The Hall–Kier alpha value is -1.83. The van der Waals surface area contributed by atoms with Gasteiger partial charge >= 0.3 is 0 Å². The second-order valence-corrected chi connectivity index (χ2v) is 5.15. The average molecular weight is 255 g/mol. The zero-order chi connectivity index (χ0) is 13.1. The number of anilines is 1. The van der Waals surface area contributed by atoms with E-state index in [2.05, 4.69) is 29.2 Å². The summed E-state index contributed by atoms with van der Waals surface area (Å²) in [5.41, 5.74) is 2.44. The number of para-hydroxylation sites is 1. The lowest BCUT2D eigenvalue weighted by molar-refractivity contribution is 0.502. The normalized spacial score (nSPS) is 16.6. The second kappa shape index (κ2) is 5.43. The Kier molecular flexibility index (Phi) is 3.49. The molecular weight excluding hydrogens is 237 g/mol. The number of hydrogen-bond donors (Lipinski definition) is 0. The van der Waals surface area contributed by atoms with E-state index in [0.717, 1.165) is 31.5 Å². The molecule has 0 bridgehead atoms. The Morgan fingerprint density at radius 2 is 1.63 bits per heavy atom. The number of nitrogens with zero attached hydrogens (tertiary/aromatic N) is 1. The molecule has 0 saturated carbocycles. The molecule has 2 aromatic carbocycles. The van der Waals surface area contributed by atoms with Crippen LogP contribution in [0.2, 0.25) is 0 Å². The maximum absolute atomic E-state index is 13.3. The summed E-state index contributed by atoms with van der Waals surface area (Å²) >= 11 is 0. The number of benzene rings is 2. The minimum absolute atomic E-state index is 0.122. The van der Waals surface area contributed by atoms with E-state index in [9.17, 15) is 4.39 Å². The lowest BCUT2D eigenvalue weighted by atomic mass is 9.89. The van der Waals surface area contributed by atoms with Gasteiger partial charge in [-0.15, -0.1) is 0 Å². The summed E-state index contributed by atoms with van der Waals surface area (Å²) in [4.78, 5) is 2.41. The van der Waals surface area contributed by atoms with Gasteiger partial charge < -0.3 is 4.90 Å². The van der Waals surface area contributed by atoms with E-state index >= 15 is 0 Å². The van der Waals surface area contributed by atoms with Crippen LogP contribution in [0.5, 0.6) is 0 Å². The third kappa shape index (κ3) is 2.78. The molecule has 0 atom stereocenters. The van der Waals surface area contributed by atoms with Crippen LogP contribution in [0.25, 0.3) is 0 Å². The lowest BCUT2D eigenvalue weighted by Gasteiger charge is -2.33. The fourth-order valence-electron chi connectivity index (χ4n) is 2.87. The van der Waals surface area contributed by atoms with Gasteiger partial charge in [0.1, 0.15) is 5.82 Å². The lowest BCUT2D eigenvalue weighted by Crippen LogP contribution is -2.32. The van der Waals surface area contributed by atoms with Crippen molar-refractivity contribution in [2.24, 2.45) is 0 Å². The fourth-order valence-corrected chi connectivity index (χ4v) is 2.87. The van der Waals surface area contributed by atoms with Crippen LogP contribution in [0.15, 0.2) is 54.6 Å². The Morgan fingerprint density at radius 3 is 2.32 bits per heavy atom. The van der Waals surface area contributed by atoms with Gasteiger partial charge in [0.2, 0.25) is 0 Å². The predicted octanol–water partition coefficient (Wildman–Crippen LogP) is 4.21. The SMILES string of the molecule is Fc1cccc(C2CCN(c3ccccc3)CC2)c1. The Balaban J connectivity index is 1.67. The number of hydrogen-bond acceptors (Lipinski definition) is 1. The van der Waals surface area contributed by atoms with Gasteiger partial charge in [-0.2, -0.15) is 0 Å². The molecule has 1 aliphatic rings. The highest BCUT2D eigenvalue weighted by atomic mass is 19.1. The standard InChI is InChI=1S/C17H18FN/c18-16-6-4-5-15(13-16)14-9-11-19(12-10-14)17-7-2-1-3-8-17/h1-8,13-14H,9-12H2. The van der Waals surface area contributed by atoms with Crippen LogP contribution in [-0.2, 0) is 0 Å². The van der Waals surface area contributed by atoms with Gasteiger partial charge in [-0.25, -0.2) is 4.39 Å². The molecule has 19 heavy (non-hydrogen) atoms. The molecule has 0 unspecified atom stereocenters. The molecule has 1 saturated heterocycles. The molecule has 0 amide bonds. The topological polar surface area (TPSA) is 3.24 Å². The molecule has 1 nitrogen and oxygen atoms in total. The summed E-state index contributed by atoms with van der Waals surface area (Å²) < 4.78 is 13.3. The van der Waals surface area contributed by atoms with Crippen molar-refractivity contribution >= 4 is 5.69 Å². The molecule has 2 aromatic rings. The molecule has 1 heterocycles. The first-order valence-corrected chi connectivity index (χ1v) is 6.88. The van der Waals surface area contributed by atoms with Gasteiger partial charge in [0.25, 0.3) is 0 Å². The van der Waals surface area contributed by atoms with Gasteiger partial charge in [-0.05, 0) is 48.6 Å². The first-order chi connectivity index (χ1) is 9.33. The average Bonchev–Trinajstić information content (AvgIpc) is 2.48.